The van der Waals surface area contributed by atoms with Crippen molar-refractivity contribution >= 4 is 11.6 Å². The van der Waals surface area contributed by atoms with Crippen LogP contribution in [0.1, 0.15) is 45.1 Å². The van der Waals surface area contributed by atoms with Crippen LogP contribution in [0.15, 0.2) is 24.3 Å². The number of hydrogen-bond donors (Lipinski definition) is 2. The van der Waals surface area contributed by atoms with E-state index in [0.29, 0.717) is 12.6 Å². The highest BCUT2D eigenvalue weighted by Gasteiger charge is 2.26. The van der Waals surface area contributed by atoms with Crippen molar-refractivity contribution in [2.75, 3.05) is 11.9 Å². The van der Waals surface area contributed by atoms with Gasteiger partial charge in [0.1, 0.15) is 0 Å². The Morgan fingerprint density at radius 3 is 2.71 bits per heavy atom. The number of nitrogens with zero attached hydrogens (tertiary/aromatic N) is 1. The van der Waals surface area contributed by atoms with Gasteiger partial charge >= 0.3 is 0 Å². The van der Waals surface area contributed by atoms with Crippen molar-refractivity contribution < 1.29 is 4.79 Å². The highest BCUT2D eigenvalue weighted by atomic mass is 16.2. The number of likely N-dealkylation sites (tertiary alicyclic amines) is 1. The number of benzene rings is 1. The predicted molar refractivity (Wildman–Crippen MR) is 87.1 cm³/mol. The van der Waals surface area contributed by atoms with Gasteiger partial charge in [-0.15, -0.1) is 0 Å². The Bertz CT molecular complexity index is 458. The Labute approximate surface area is 127 Å². The topological polar surface area (TPSA) is 58.4 Å². The quantitative estimate of drug-likeness (QED) is 0.896. The molecule has 3 N–H and O–H groups in total. The van der Waals surface area contributed by atoms with E-state index in [1.54, 1.807) is 0 Å². The lowest BCUT2D eigenvalue weighted by Gasteiger charge is -2.32. The fourth-order valence-corrected chi connectivity index (χ4v) is 2.99. The molecule has 21 heavy (non-hydrogen) atoms. The fourth-order valence-electron chi connectivity index (χ4n) is 2.99. The summed E-state index contributed by atoms with van der Waals surface area (Å²) in [6.45, 7) is 5.77. The molecule has 0 spiro atoms. The first-order chi connectivity index (χ1) is 10.1. The van der Waals surface area contributed by atoms with Crippen LogP contribution in [0.4, 0.5) is 5.69 Å². The van der Waals surface area contributed by atoms with Gasteiger partial charge in [-0.2, -0.15) is 0 Å². The Hall–Kier alpha value is -1.39. The Morgan fingerprint density at radius 2 is 2.05 bits per heavy atom. The van der Waals surface area contributed by atoms with Crippen LogP contribution < -0.4 is 11.1 Å². The second kappa shape index (κ2) is 7.57. The lowest BCUT2D eigenvalue weighted by atomic mass is 10.1. The first-order valence-corrected chi connectivity index (χ1v) is 7.97. The average Bonchev–Trinajstić information content (AvgIpc) is 2.71. The molecule has 0 aromatic heterocycles. The van der Waals surface area contributed by atoms with Crippen LogP contribution >= 0.6 is 0 Å². The number of rotatable bonds is 4. The lowest BCUT2D eigenvalue weighted by molar-refractivity contribution is -0.121. The van der Waals surface area contributed by atoms with Crippen LogP contribution in [0, 0.1) is 0 Å². The van der Waals surface area contributed by atoms with Gasteiger partial charge in [-0.25, -0.2) is 0 Å². The van der Waals surface area contributed by atoms with E-state index in [-0.39, 0.29) is 11.9 Å². The van der Waals surface area contributed by atoms with Crippen LogP contribution in [0.2, 0.25) is 0 Å². The molecule has 2 atom stereocenters. The van der Waals surface area contributed by atoms with E-state index in [2.05, 4.69) is 17.1 Å². The van der Waals surface area contributed by atoms with Gasteiger partial charge < -0.3 is 11.1 Å². The summed E-state index contributed by atoms with van der Waals surface area (Å²) in [6, 6.07) is 8.13. The largest absolute Gasteiger partial charge is 0.326 e. The monoisotopic (exact) mass is 289 g/mol. The number of nitrogens with one attached hydrogen (secondary N) is 1. The van der Waals surface area contributed by atoms with Crippen LogP contribution in [0.3, 0.4) is 0 Å². The third kappa shape index (κ3) is 4.29. The van der Waals surface area contributed by atoms with Crippen molar-refractivity contribution in [1.29, 1.82) is 0 Å². The summed E-state index contributed by atoms with van der Waals surface area (Å²) in [5.74, 6) is 0.0734. The van der Waals surface area contributed by atoms with Gasteiger partial charge in [-0.05, 0) is 50.9 Å². The molecule has 116 valence electrons. The van der Waals surface area contributed by atoms with E-state index in [0.717, 1.165) is 17.8 Å². The summed E-state index contributed by atoms with van der Waals surface area (Å²) in [5, 5.41) is 3.01. The van der Waals surface area contributed by atoms with Gasteiger partial charge in [0.15, 0.2) is 0 Å². The van der Waals surface area contributed by atoms with E-state index in [9.17, 15) is 4.79 Å². The van der Waals surface area contributed by atoms with Crippen molar-refractivity contribution in [3.05, 3.63) is 29.8 Å². The van der Waals surface area contributed by atoms with Crippen molar-refractivity contribution in [1.82, 2.24) is 4.90 Å². The second-order valence-electron chi connectivity index (χ2n) is 6.00. The zero-order chi connectivity index (χ0) is 15.2. The molecule has 4 heteroatoms. The molecule has 1 aromatic carbocycles. The van der Waals surface area contributed by atoms with E-state index in [1.807, 2.05) is 31.2 Å². The minimum atomic E-state index is -0.0905. The Kier molecular flexibility index (Phi) is 5.76. The van der Waals surface area contributed by atoms with E-state index < -0.39 is 0 Å². The van der Waals surface area contributed by atoms with Crippen molar-refractivity contribution in [2.24, 2.45) is 5.73 Å². The van der Waals surface area contributed by atoms with Crippen molar-refractivity contribution in [3.63, 3.8) is 0 Å². The summed E-state index contributed by atoms with van der Waals surface area (Å²) < 4.78 is 0. The van der Waals surface area contributed by atoms with Gasteiger partial charge in [0.25, 0.3) is 0 Å². The Morgan fingerprint density at radius 1 is 1.33 bits per heavy atom. The minimum absolute atomic E-state index is 0.0734. The van der Waals surface area contributed by atoms with Crippen LogP contribution in [0.25, 0.3) is 0 Å². The van der Waals surface area contributed by atoms with Gasteiger partial charge in [0, 0.05) is 18.3 Å². The molecule has 1 aliphatic rings. The van der Waals surface area contributed by atoms with E-state index >= 15 is 0 Å². The summed E-state index contributed by atoms with van der Waals surface area (Å²) in [7, 11) is 0. The zero-order valence-electron chi connectivity index (χ0n) is 13.1. The molecule has 4 nitrogen and oxygen atoms in total. The van der Waals surface area contributed by atoms with Gasteiger partial charge in [-0.1, -0.05) is 25.0 Å². The maximum atomic E-state index is 12.4. The predicted octanol–water partition coefficient (Wildman–Crippen LogP) is 2.74. The number of anilines is 1. The number of carbonyl (C=O) groups is 1. The fraction of sp³-hybridized carbons (Fsp3) is 0.588. The van der Waals surface area contributed by atoms with Crippen molar-refractivity contribution in [2.45, 2.75) is 58.2 Å². The summed E-state index contributed by atoms with van der Waals surface area (Å²) in [4.78, 5) is 14.8. The molecule has 0 saturated carbocycles. The highest BCUT2D eigenvalue weighted by molar-refractivity contribution is 5.94. The Balaban J connectivity index is 1.97. The SMILES string of the molecule is CC1CCCCCN1C(C)C(=O)Nc1ccc(CN)cc1. The van der Waals surface area contributed by atoms with Crippen molar-refractivity contribution in [3.8, 4) is 0 Å². The smallest absolute Gasteiger partial charge is 0.241 e. The first-order valence-electron chi connectivity index (χ1n) is 7.97. The summed E-state index contributed by atoms with van der Waals surface area (Å²) in [6.07, 6.45) is 4.91. The average molecular weight is 289 g/mol. The number of carbonyl (C=O) groups excluding carboxylic acids is 1. The molecule has 1 amide bonds. The van der Waals surface area contributed by atoms with Crippen LogP contribution in [0.5, 0.6) is 0 Å². The molecule has 1 heterocycles. The van der Waals surface area contributed by atoms with E-state index in [1.165, 1.54) is 25.7 Å². The number of nitrogens with two attached hydrogens (primary N) is 1. The molecule has 2 rings (SSSR count). The van der Waals surface area contributed by atoms with Gasteiger partial charge in [0.05, 0.1) is 6.04 Å². The maximum absolute atomic E-state index is 12.4. The molecule has 0 radical (unpaired) electrons. The van der Waals surface area contributed by atoms with Crippen LogP contribution in [-0.4, -0.2) is 29.4 Å². The third-order valence-electron chi connectivity index (χ3n) is 4.44. The zero-order valence-corrected chi connectivity index (χ0v) is 13.1. The van der Waals surface area contributed by atoms with Gasteiger partial charge in [0.2, 0.25) is 5.91 Å². The van der Waals surface area contributed by atoms with Crippen LogP contribution in [-0.2, 0) is 11.3 Å². The first kappa shape index (κ1) is 16.0. The second-order valence-corrected chi connectivity index (χ2v) is 6.00. The molecule has 1 saturated heterocycles. The normalized spacial score (nSPS) is 21.6. The summed E-state index contributed by atoms with van der Waals surface area (Å²) in [5.41, 5.74) is 7.49. The molecule has 1 aliphatic heterocycles. The lowest BCUT2D eigenvalue weighted by Crippen LogP contribution is -2.46. The molecular formula is C17H27N3O. The number of amides is 1. The highest BCUT2D eigenvalue weighted by Crippen LogP contribution is 2.19. The molecule has 2 unspecified atom stereocenters. The third-order valence-corrected chi connectivity index (χ3v) is 4.44. The molecule has 1 aromatic rings. The number of hydrogen-bond acceptors (Lipinski definition) is 3. The van der Waals surface area contributed by atoms with E-state index in [4.69, 9.17) is 5.73 Å². The molecule has 0 bridgehead atoms. The standard InChI is InChI=1S/C17H27N3O/c1-13-6-4-3-5-11-20(13)14(2)17(21)19-16-9-7-15(12-18)8-10-16/h7-10,13-14H,3-6,11-12,18H2,1-2H3,(H,19,21). The van der Waals surface area contributed by atoms with Gasteiger partial charge in [-0.3, -0.25) is 9.69 Å². The minimum Gasteiger partial charge on any atom is -0.326 e. The molecule has 0 aliphatic carbocycles. The molecular weight excluding hydrogens is 262 g/mol. The summed E-state index contributed by atoms with van der Waals surface area (Å²) >= 11 is 0. The molecule has 1 fully saturated rings. The maximum Gasteiger partial charge on any atom is 0.241 e.